The summed E-state index contributed by atoms with van der Waals surface area (Å²) in [5.41, 5.74) is 0.875. The third-order valence-electron chi connectivity index (χ3n) is 2.75. The van der Waals surface area contributed by atoms with Gasteiger partial charge in [0.05, 0.1) is 11.8 Å². The van der Waals surface area contributed by atoms with Crippen molar-refractivity contribution in [2.75, 3.05) is 0 Å². The Labute approximate surface area is 106 Å². The van der Waals surface area contributed by atoms with Crippen LogP contribution in [0.4, 0.5) is 0 Å². The van der Waals surface area contributed by atoms with Crippen LogP contribution in [0.15, 0.2) is 36.7 Å². The zero-order valence-electron chi connectivity index (χ0n) is 9.89. The molecule has 1 atom stereocenters. The Bertz CT molecular complexity index is 520. The first-order valence-electron chi connectivity index (χ1n) is 5.43. The molecule has 2 aromatic rings. The van der Waals surface area contributed by atoms with Gasteiger partial charge in [-0.3, -0.25) is 4.68 Å². The molecule has 1 unspecified atom stereocenters. The first-order chi connectivity index (χ1) is 7.97. The zero-order valence-corrected chi connectivity index (χ0v) is 10.6. The summed E-state index contributed by atoms with van der Waals surface area (Å²) in [5.74, 6) is 0. The van der Waals surface area contributed by atoms with E-state index in [1.54, 1.807) is 29.9 Å². The van der Waals surface area contributed by atoms with Gasteiger partial charge in [-0.2, -0.15) is 5.10 Å². The number of benzene rings is 1. The molecule has 17 heavy (non-hydrogen) atoms. The molecule has 0 saturated heterocycles. The second-order valence-electron chi connectivity index (χ2n) is 4.48. The van der Waals surface area contributed by atoms with Crippen LogP contribution in [-0.4, -0.2) is 14.9 Å². The van der Waals surface area contributed by atoms with Crippen molar-refractivity contribution in [1.82, 2.24) is 9.78 Å². The predicted molar refractivity (Wildman–Crippen MR) is 67.9 cm³/mol. The molecule has 1 heterocycles. The molecule has 0 fully saturated rings. The lowest BCUT2D eigenvalue weighted by molar-refractivity contribution is 0.0576. The summed E-state index contributed by atoms with van der Waals surface area (Å²) >= 11 is 5.93. The number of aryl methyl sites for hydroxylation is 1. The van der Waals surface area contributed by atoms with E-state index in [-0.39, 0.29) is 0 Å². The molecule has 90 valence electrons. The molecular formula is C13H15ClN2O. The van der Waals surface area contributed by atoms with Crippen molar-refractivity contribution >= 4 is 11.6 Å². The Morgan fingerprint density at radius 2 is 2.24 bits per heavy atom. The minimum Gasteiger partial charge on any atom is -0.385 e. The quantitative estimate of drug-likeness (QED) is 0.909. The second-order valence-corrected chi connectivity index (χ2v) is 4.92. The van der Waals surface area contributed by atoms with Gasteiger partial charge in [0.1, 0.15) is 0 Å². The van der Waals surface area contributed by atoms with E-state index >= 15 is 0 Å². The molecule has 0 bridgehead atoms. The predicted octanol–water partition coefficient (Wildman–Crippen LogP) is 2.52. The number of hydrogen-bond acceptors (Lipinski definition) is 2. The fourth-order valence-electron chi connectivity index (χ4n) is 1.89. The molecule has 0 saturated carbocycles. The highest BCUT2D eigenvalue weighted by Gasteiger charge is 2.24. The maximum absolute atomic E-state index is 10.5. The summed E-state index contributed by atoms with van der Waals surface area (Å²) in [7, 11) is 1.86. The number of hydrogen-bond donors (Lipinski definition) is 1. The van der Waals surface area contributed by atoms with Crippen molar-refractivity contribution < 1.29 is 5.11 Å². The molecule has 0 aliphatic rings. The first-order valence-corrected chi connectivity index (χ1v) is 5.81. The van der Waals surface area contributed by atoms with E-state index in [1.165, 1.54) is 0 Å². The molecular weight excluding hydrogens is 236 g/mol. The van der Waals surface area contributed by atoms with Crippen molar-refractivity contribution in [2.45, 2.75) is 18.9 Å². The Morgan fingerprint density at radius 1 is 1.47 bits per heavy atom. The summed E-state index contributed by atoms with van der Waals surface area (Å²) in [6.45, 7) is 1.78. The van der Waals surface area contributed by atoms with Gasteiger partial charge < -0.3 is 5.11 Å². The minimum atomic E-state index is -0.937. The van der Waals surface area contributed by atoms with Crippen molar-refractivity contribution in [3.05, 3.63) is 52.8 Å². The van der Waals surface area contributed by atoms with E-state index in [4.69, 9.17) is 11.6 Å². The van der Waals surface area contributed by atoms with Gasteiger partial charge in [0, 0.05) is 24.7 Å². The largest absolute Gasteiger partial charge is 0.385 e. The van der Waals surface area contributed by atoms with Crippen LogP contribution in [-0.2, 0) is 19.1 Å². The Hall–Kier alpha value is -1.32. The average Bonchev–Trinajstić information content (AvgIpc) is 2.63. The monoisotopic (exact) mass is 250 g/mol. The van der Waals surface area contributed by atoms with Crippen LogP contribution in [0.3, 0.4) is 0 Å². The lowest BCUT2D eigenvalue weighted by Gasteiger charge is -2.23. The van der Waals surface area contributed by atoms with Crippen molar-refractivity contribution in [3.8, 4) is 0 Å². The van der Waals surface area contributed by atoms with Gasteiger partial charge in [0.25, 0.3) is 0 Å². The Morgan fingerprint density at radius 3 is 2.82 bits per heavy atom. The molecule has 0 aliphatic carbocycles. The van der Waals surface area contributed by atoms with Crippen LogP contribution in [0.2, 0.25) is 5.02 Å². The fraction of sp³-hybridized carbons (Fsp3) is 0.308. The van der Waals surface area contributed by atoms with Crippen molar-refractivity contribution in [3.63, 3.8) is 0 Å². The smallest absolute Gasteiger partial charge is 0.0910 e. The fourth-order valence-corrected chi connectivity index (χ4v) is 2.08. The molecule has 0 aliphatic heterocycles. The first kappa shape index (κ1) is 12.1. The highest BCUT2D eigenvalue weighted by atomic mass is 35.5. The molecule has 2 rings (SSSR count). The van der Waals surface area contributed by atoms with Crippen LogP contribution in [0, 0.1) is 0 Å². The Balaban J connectivity index is 2.24. The van der Waals surface area contributed by atoms with Crippen molar-refractivity contribution in [2.24, 2.45) is 7.05 Å². The highest BCUT2D eigenvalue weighted by molar-refractivity contribution is 6.30. The van der Waals surface area contributed by atoms with E-state index < -0.39 is 5.60 Å². The van der Waals surface area contributed by atoms with E-state index in [1.807, 2.05) is 25.4 Å². The SMILES string of the molecule is Cn1cc(CC(C)(O)c2cccc(Cl)c2)cn1. The number of halogens is 1. The van der Waals surface area contributed by atoms with Crippen LogP contribution in [0.5, 0.6) is 0 Å². The van der Waals surface area contributed by atoms with E-state index in [2.05, 4.69) is 5.10 Å². The number of aliphatic hydroxyl groups is 1. The van der Waals surface area contributed by atoms with Gasteiger partial charge in [-0.25, -0.2) is 0 Å². The van der Waals surface area contributed by atoms with Crippen LogP contribution in [0.1, 0.15) is 18.1 Å². The second kappa shape index (κ2) is 4.51. The van der Waals surface area contributed by atoms with Crippen LogP contribution < -0.4 is 0 Å². The summed E-state index contributed by atoms with van der Waals surface area (Å²) in [4.78, 5) is 0. The third-order valence-corrected chi connectivity index (χ3v) is 2.99. The van der Waals surface area contributed by atoms with Gasteiger partial charge in [0.15, 0.2) is 0 Å². The highest BCUT2D eigenvalue weighted by Crippen LogP contribution is 2.26. The molecule has 1 aromatic carbocycles. The normalized spacial score (nSPS) is 14.6. The summed E-state index contributed by atoms with van der Waals surface area (Å²) in [6.07, 6.45) is 4.18. The molecule has 0 spiro atoms. The number of aromatic nitrogens is 2. The maximum atomic E-state index is 10.5. The molecule has 1 aromatic heterocycles. The van der Waals surface area contributed by atoms with Crippen molar-refractivity contribution in [1.29, 1.82) is 0 Å². The van der Waals surface area contributed by atoms with Gasteiger partial charge in [-0.15, -0.1) is 0 Å². The lowest BCUT2D eigenvalue weighted by Crippen LogP contribution is -2.24. The standard InChI is InChI=1S/C13H15ClN2O/c1-13(17,7-10-8-15-16(2)9-10)11-4-3-5-12(14)6-11/h3-6,8-9,17H,7H2,1-2H3. The van der Waals surface area contributed by atoms with Crippen LogP contribution in [0.25, 0.3) is 0 Å². The summed E-state index contributed by atoms with van der Waals surface area (Å²) in [5, 5.41) is 15.2. The Kier molecular flexibility index (Phi) is 3.22. The number of rotatable bonds is 3. The summed E-state index contributed by atoms with van der Waals surface area (Å²) < 4.78 is 1.73. The van der Waals surface area contributed by atoms with E-state index in [0.29, 0.717) is 11.4 Å². The van der Waals surface area contributed by atoms with E-state index in [0.717, 1.165) is 11.1 Å². The molecule has 1 N–H and O–H groups in total. The van der Waals surface area contributed by atoms with E-state index in [9.17, 15) is 5.11 Å². The zero-order chi connectivity index (χ0) is 12.5. The topological polar surface area (TPSA) is 38.0 Å². The van der Waals surface area contributed by atoms with Gasteiger partial charge >= 0.3 is 0 Å². The minimum absolute atomic E-state index is 0.515. The van der Waals surface area contributed by atoms with Crippen LogP contribution >= 0.6 is 11.6 Å². The molecule has 3 nitrogen and oxygen atoms in total. The average molecular weight is 251 g/mol. The summed E-state index contributed by atoms with van der Waals surface area (Å²) in [6, 6.07) is 7.31. The lowest BCUT2D eigenvalue weighted by atomic mass is 9.90. The molecule has 0 amide bonds. The molecule has 4 heteroatoms. The third kappa shape index (κ3) is 2.87. The number of nitrogens with zero attached hydrogens (tertiary/aromatic N) is 2. The van der Waals surface area contributed by atoms with Gasteiger partial charge in [-0.05, 0) is 30.2 Å². The maximum Gasteiger partial charge on any atom is 0.0910 e. The molecule has 0 radical (unpaired) electrons. The van der Waals surface area contributed by atoms with Gasteiger partial charge in [-0.1, -0.05) is 23.7 Å². The van der Waals surface area contributed by atoms with Gasteiger partial charge in [0.2, 0.25) is 0 Å².